The van der Waals surface area contributed by atoms with Crippen LogP contribution in [0.2, 0.25) is 0 Å². The summed E-state index contributed by atoms with van der Waals surface area (Å²) in [7, 11) is 0. The van der Waals surface area contributed by atoms with Gasteiger partial charge in [-0.1, -0.05) is 18.5 Å². The first kappa shape index (κ1) is 8.85. The fourth-order valence-electron chi connectivity index (χ4n) is 1.37. The molecule has 1 saturated heterocycles. The van der Waals surface area contributed by atoms with E-state index < -0.39 is 0 Å². The Morgan fingerprint density at radius 3 is 2.91 bits per heavy atom. The van der Waals surface area contributed by atoms with E-state index in [-0.39, 0.29) is 11.4 Å². The zero-order valence-electron chi connectivity index (χ0n) is 6.85. The molecule has 1 aliphatic heterocycles. The van der Waals surface area contributed by atoms with Crippen molar-refractivity contribution >= 4 is 17.5 Å². The van der Waals surface area contributed by atoms with Crippen LogP contribution in [-0.4, -0.2) is 22.9 Å². The molecule has 0 aromatic rings. The molecule has 11 heavy (non-hydrogen) atoms. The van der Waals surface area contributed by atoms with Crippen LogP contribution in [0.25, 0.3) is 0 Å². The first-order chi connectivity index (χ1) is 5.25. The largest absolute Gasteiger partial charge is 0.326 e. The molecular formula is C8H14ClNO. The number of rotatable bonds is 1. The Kier molecular flexibility index (Phi) is 3.18. The number of carbonyl (C=O) groups is 1. The van der Waals surface area contributed by atoms with Crippen LogP contribution in [0.15, 0.2) is 0 Å². The summed E-state index contributed by atoms with van der Waals surface area (Å²) < 4.78 is 0. The van der Waals surface area contributed by atoms with Gasteiger partial charge in [0.05, 0.1) is 0 Å². The third-order valence-electron chi connectivity index (χ3n) is 2.05. The normalized spacial score (nSPS) is 25.3. The Balaban J connectivity index is 2.47. The lowest BCUT2D eigenvalue weighted by atomic mass is 10.1. The van der Waals surface area contributed by atoms with Gasteiger partial charge in [-0.3, -0.25) is 4.79 Å². The molecule has 2 nitrogen and oxygen atoms in total. The molecule has 3 heteroatoms. The number of amides is 1. The fourth-order valence-corrected chi connectivity index (χ4v) is 1.74. The molecule has 1 aliphatic rings. The van der Waals surface area contributed by atoms with Crippen molar-refractivity contribution < 1.29 is 4.79 Å². The summed E-state index contributed by atoms with van der Waals surface area (Å²) in [5.74, 6) is 0.185. The van der Waals surface area contributed by atoms with E-state index in [4.69, 9.17) is 11.6 Å². The Morgan fingerprint density at radius 2 is 2.36 bits per heavy atom. The second-order valence-electron chi connectivity index (χ2n) is 2.87. The molecule has 0 radical (unpaired) electrons. The predicted molar refractivity (Wildman–Crippen MR) is 45.5 cm³/mol. The molecular weight excluding hydrogens is 162 g/mol. The summed E-state index contributed by atoms with van der Waals surface area (Å²) in [6.07, 6.45) is 3.78. The molecule has 1 rings (SSSR count). The van der Waals surface area contributed by atoms with Gasteiger partial charge in [0.15, 0.2) is 0 Å². The van der Waals surface area contributed by atoms with Gasteiger partial charge >= 0.3 is 0 Å². The highest BCUT2D eigenvalue weighted by Crippen LogP contribution is 2.20. The van der Waals surface area contributed by atoms with E-state index in [2.05, 4.69) is 0 Å². The summed E-state index contributed by atoms with van der Waals surface area (Å²) in [6.45, 7) is 2.72. The number of halogens is 1. The van der Waals surface area contributed by atoms with Gasteiger partial charge in [0.25, 0.3) is 0 Å². The van der Waals surface area contributed by atoms with Gasteiger partial charge in [0.2, 0.25) is 5.91 Å². The van der Waals surface area contributed by atoms with Crippen LogP contribution < -0.4 is 0 Å². The molecule has 0 N–H and O–H groups in total. The van der Waals surface area contributed by atoms with Gasteiger partial charge in [0, 0.05) is 13.0 Å². The number of alkyl halides is 1. The molecule has 1 unspecified atom stereocenters. The van der Waals surface area contributed by atoms with Crippen LogP contribution >= 0.6 is 11.6 Å². The van der Waals surface area contributed by atoms with Crippen molar-refractivity contribution in [1.29, 1.82) is 0 Å². The monoisotopic (exact) mass is 175 g/mol. The van der Waals surface area contributed by atoms with Crippen molar-refractivity contribution in [1.82, 2.24) is 4.90 Å². The minimum Gasteiger partial charge on any atom is -0.326 e. The molecule has 64 valence electrons. The van der Waals surface area contributed by atoms with Crippen LogP contribution in [-0.2, 0) is 4.79 Å². The molecule has 0 aromatic heterocycles. The van der Waals surface area contributed by atoms with E-state index in [1.807, 2.05) is 6.92 Å². The maximum Gasteiger partial charge on any atom is 0.223 e. The Labute approximate surface area is 72.5 Å². The van der Waals surface area contributed by atoms with Gasteiger partial charge in [-0.05, 0) is 19.3 Å². The number of piperidine rings is 1. The average molecular weight is 176 g/mol. The van der Waals surface area contributed by atoms with Crippen molar-refractivity contribution in [3.63, 3.8) is 0 Å². The number of carbonyl (C=O) groups excluding carboxylic acids is 1. The smallest absolute Gasteiger partial charge is 0.223 e. The van der Waals surface area contributed by atoms with Gasteiger partial charge in [0.1, 0.15) is 5.50 Å². The van der Waals surface area contributed by atoms with Crippen LogP contribution in [0.5, 0.6) is 0 Å². The first-order valence-electron chi connectivity index (χ1n) is 4.19. The van der Waals surface area contributed by atoms with E-state index >= 15 is 0 Å². The molecule has 0 bridgehead atoms. The lowest BCUT2D eigenvalue weighted by Crippen LogP contribution is -2.40. The van der Waals surface area contributed by atoms with Crippen molar-refractivity contribution in [3.8, 4) is 0 Å². The minimum atomic E-state index is -0.0452. The van der Waals surface area contributed by atoms with Crippen LogP contribution in [0.3, 0.4) is 0 Å². The number of hydrogen-bond acceptors (Lipinski definition) is 1. The van der Waals surface area contributed by atoms with Crippen LogP contribution in [0.1, 0.15) is 32.6 Å². The SMILES string of the molecule is CCC(=O)N1CCCCC1Cl. The zero-order chi connectivity index (χ0) is 8.27. The third-order valence-corrected chi connectivity index (χ3v) is 2.51. The third kappa shape index (κ3) is 2.09. The second-order valence-corrected chi connectivity index (χ2v) is 3.37. The van der Waals surface area contributed by atoms with Gasteiger partial charge < -0.3 is 4.90 Å². The molecule has 0 aromatic carbocycles. The number of hydrogen-bond donors (Lipinski definition) is 0. The van der Waals surface area contributed by atoms with Crippen molar-refractivity contribution in [2.75, 3.05) is 6.54 Å². The van der Waals surface area contributed by atoms with Crippen molar-refractivity contribution in [2.24, 2.45) is 0 Å². The van der Waals surface area contributed by atoms with Crippen molar-refractivity contribution in [3.05, 3.63) is 0 Å². The van der Waals surface area contributed by atoms with Crippen LogP contribution in [0.4, 0.5) is 0 Å². The molecule has 0 spiro atoms. The Morgan fingerprint density at radius 1 is 1.64 bits per heavy atom. The van der Waals surface area contributed by atoms with E-state index in [0.717, 1.165) is 25.8 Å². The molecule has 0 aliphatic carbocycles. The summed E-state index contributed by atoms with van der Waals surface area (Å²) in [5, 5.41) is 0. The van der Waals surface area contributed by atoms with Gasteiger partial charge in [-0.15, -0.1) is 0 Å². The quantitative estimate of drug-likeness (QED) is 0.441. The second kappa shape index (κ2) is 3.96. The summed E-state index contributed by atoms with van der Waals surface area (Å²) in [6, 6.07) is 0. The Bertz CT molecular complexity index is 149. The maximum absolute atomic E-state index is 11.2. The zero-order valence-corrected chi connectivity index (χ0v) is 7.60. The first-order valence-corrected chi connectivity index (χ1v) is 4.63. The lowest BCUT2D eigenvalue weighted by Gasteiger charge is -2.31. The lowest BCUT2D eigenvalue weighted by molar-refractivity contribution is -0.132. The highest BCUT2D eigenvalue weighted by molar-refractivity contribution is 6.21. The van der Waals surface area contributed by atoms with Crippen LogP contribution in [0, 0.1) is 0 Å². The minimum absolute atomic E-state index is 0.0452. The summed E-state index contributed by atoms with van der Waals surface area (Å²) in [4.78, 5) is 13.0. The van der Waals surface area contributed by atoms with E-state index in [1.165, 1.54) is 0 Å². The van der Waals surface area contributed by atoms with Gasteiger partial charge in [-0.2, -0.15) is 0 Å². The molecule has 0 saturated carbocycles. The standard InChI is InChI=1S/C8H14ClNO/c1-2-8(11)10-6-4-3-5-7(10)9/h7H,2-6H2,1H3. The van der Waals surface area contributed by atoms with Gasteiger partial charge in [-0.25, -0.2) is 0 Å². The topological polar surface area (TPSA) is 20.3 Å². The summed E-state index contributed by atoms with van der Waals surface area (Å²) >= 11 is 5.96. The highest BCUT2D eigenvalue weighted by Gasteiger charge is 2.22. The molecule has 1 heterocycles. The predicted octanol–water partition coefficient (Wildman–Crippen LogP) is 1.97. The number of likely N-dealkylation sites (tertiary alicyclic amines) is 1. The highest BCUT2D eigenvalue weighted by atomic mass is 35.5. The number of nitrogens with zero attached hydrogens (tertiary/aromatic N) is 1. The fraction of sp³-hybridized carbons (Fsp3) is 0.875. The van der Waals surface area contributed by atoms with E-state index in [9.17, 15) is 4.79 Å². The van der Waals surface area contributed by atoms with E-state index in [1.54, 1.807) is 4.90 Å². The van der Waals surface area contributed by atoms with Crippen molar-refractivity contribution in [2.45, 2.75) is 38.1 Å². The molecule has 1 amide bonds. The van der Waals surface area contributed by atoms with E-state index in [0.29, 0.717) is 6.42 Å². The Hall–Kier alpha value is -0.240. The average Bonchev–Trinajstić information content (AvgIpc) is 2.04. The molecule has 1 fully saturated rings. The maximum atomic E-state index is 11.2. The molecule has 1 atom stereocenters. The summed E-state index contributed by atoms with van der Waals surface area (Å²) in [5.41, 5.74) is -0.0452.